The molecule has 0 aliphatic heterocycles. The number of ketones is 1. The molecule has 0 spiro atoms. The number of aromatic nitrogens is 4. The van der Waals surface area contributed by atoms with Gasteiger partial charge < -0.3 is 4.74 Å². The van der Waals surface area contributed by atoms with Crippen molar-refractivity contribution in [3.63, 3.8) is 0 Å². The smallest absolute Gasteiger partial charge is 0.211 e. The summed E-state index contributed by atoms with van der Waals surface area (Å²) >= 11 is 6.10. The normalized spacial score (nSPS) is 10.7. The number of aromatic amines is 1. The van der Waals surface area contributed by atoms with Crippen molar-refractivity contribution in [2.45, 2.75) is 39.2 Å². The summed E-state index contributed by atoms with van der Waals surface area (Å²) in [6, 6.07) is 12.7. The lowest BCUT2D eigenvalue weighted by molar-refractivity contribution is 0.103. The fourth-order valence-corrected chi connectivity index (χ4v) is 2.92. The van der Waals surface area contributed by atoms with Gasteiger partial charge in [0.2, 0.25) is 5.82 Å². The summed E-state index contributed by atoms with van der Waals surface area (Å²) in [5.41, 5.74) is 2.24. The maximum Gasteiger partial charge on any atom is 0.211 e. The van der Waals surface area contributed by atoms with Gasteiger partial charge in [-0.25, -0.2) is 0 Å². The summed E-state index contributed by atoms with van der Waals surface area (Å²) in [6.07, 6.45) is 4.59. The average molecular weight is 385 g/mol. The summed E-state index contributed by atoms with van der Waals surface area (Å²) in [6.45, 7) is 2.29. The number of benzene rings is 2. The number of carbonyl (C=O) groups excluding carboxylic acids is 1. The molecule has 0 amide bonds. The minimum Gasteiger partial charge on any atom is -0.485 e. The third-order valence-corrected chi connectivity index (χ3v) is 4.45. The maximum atomic E-state index is 13.0. The van der Waals surface area contributed by atoms with Crippen LogP contribution in [0.15, 0.2) is 42.5 Å². The lowest BCUT2D eigenvalue weighted by Crippen LogP contribution is -2.07. The van der Waals surface area contributed by atoms with E-state index in [0.717, 1.165) is 12.8 Å². The topological polar surface area (TPSA) is 80.8 Å². The van der Waals surface area contributed by atoms with Gasteiger partial charge in [-0.15, -0.1) is 10.2 Å². The van der Waals surface area contributed by atoms with E-state index in [1.54, 1.807) is 18.2 Å². The first-order valence-corrected chi connectivity index (χ1v) is 9.33. The molecule has 1 N–H and O–H groups in total. The van der Waals surface area contributed by atoms with Gasteiger partial charge in [-0.3, -0.25) is 4.79 Å². The Morgan fingerprint density at radius 3 is 2.67 bits per heavy atom. The van der Waals surface area contributed by atoms with Crippen molar-refractivity contribution in [2.75, 3.05) is 0 Å². The number of nitrogens with zero attached hydrogens (tertiary/aromatic N) is 3. The van der Waals surface area contributed by atoms with Crippen LogP contribution in [0.1, 0.15) is 53.5 Å². The number of hydrogen-bond donors (Lipinski definition) is 1. The fourth-order valence-electron chi connectivity index (χ4n) is 2.75. The van der Waals surface area contributed by atoms with Crippen LogP contribution >= 0.6 is 11.6 Å². The first-order chi connectivity index (χ1) is 13.2. The molecular weight excluding hydrogens is 364 g/mol. The van der Waals surface area contributed by atoms with Gasteiger partial charge in [0.15, 0.2) is 12.4 Å². The molecule has 0 bridgehead atoms. The highest BCUT2D eigenvalue weighted by Gasteiger charge is 2.16. The van der Waals surface area contributed by atoms with E-state index in [4.69, 9.17) is 16.3 Å². The molecule has 3 rings (SSSR count). The molecule has 0 radical (unpaired) electrons. The number of H-pyrrole nitrogens is 1. The van der Waals surface area contributed by atoms with Crippen molar-refractivity contribution >= 4 is 17.4 Å². The number of hydrogen-bond acceptors (Lipinski definition) is 5. The molecular formula is C20H21ClN4O2. The monoisotopic (exact) mass is 384 g/mol. The highest BCUT2D eigenvalue weighted by Crippen LogP contribution is 2.26. The SMILES string of the molecule is CCCCCc1ccc(C(=O)c2cc(Cl)ccc2OCc2nn[nH]n2)cc1. The first kappa shape index (κ1) is 19.0. The Labute approximate surface area is 162 Å². The van der Waals surface area contributed by atoms with Crippen LogP contribution in [-0.2, 0) is 13.0 Å². The molecule has 1 heterocycles. The predicted octanol–water partition coefficient (Wildman–Crippen LogP) is 4.40. The van der Waals surface area contributed by atoms with Gasteiger partial charge in [0.25, 0.3) is 0 Å². The lowest BCUT2D eigenvalue weighted by Gasteiger charge is -2.10. The summed E-state index contributed by atoms with van der Waals surface area (Å²) < 4.78 is 5.70. The van der Waals surface area contributed by atoms with Gasteiger partial charge >= 0.3 is 0 Å². The lowest BCUT2D eigenvalue weighted by atomic mass is 9.99. The molecule has 0 aliphatic rings. The minimum absolute atomic E-state index is 0.106. The van der Waals surface area contributed by atoms with Crippen molar-refractivity contribution in [1.82, 2.24) is 20.6 Å². The molecule has 0 aliphatic carbocycles. The largest absolute Gasteiger partial charge is 0.485 e. The zero-order valence-electron chi connectivity index (χ0n) is 15.1. The van der Waals surface area contributed by atoms with Crippen molar-refractivity contribution in [1.29, 1.82) is 0 Å². The van der Waals surface area contributed by atoms with Gasteiger partial charge in [-0.2, -0.15) is 5.21 Å². The third-order valence-electron chi connectivity index (χ3n) is 4.22. The van der Waals surface area contributed by atoms with Crippen LogP contribution in [0.4, 0.5) is 0 Å². The zero-order valence-corrected chi connectivity index (χ0v) is 15.9. The number of tetrazole rings is 1. The second kappa shape index (κ2) is 9.28. The molecule has 0 unspecified atom stereocenters. The van der Waals surface area contributed by atoms with Crippen molar-refractivity contribution in [2.24, 2.45) is 0 Å². The Kier molecular flexibility index (Phi) is 6.54. The van der Waals surface area contributed by atoms with E-state index < -0.39 is 0 Å². The Balaban J connectivity index is 1.75. The second-order valence-corrected chi connectivity index (χ2v) is 6.68. The summed E-state index contributed by atoms with van der Waals surface area (Å²) in [7, 11) is 0. The van der Waals surface area contributed by atoms with E-state index >= 15 is 0 Å². The summed E-state index contributed by atoms with van der Waals surface area (Å²) in [4.78, 5) is 13.0. The molecule has 0 saturated heterocycles. The third kappa shape index (κ3) is 5.14. The minimum atomic E-state index is -0.138. The Morgan fingerprint density at radius 2 is 1.96 bits per heavy atom. The molecule has 140 valence electrons. The number of halogens is 1. The van der Waals surface area contributed by atoms with Crippen LogP contribution in [0.3, 0.4) is 0 Å². The quantitative estimate of drug-likeness (QED) is 0.437. The van der Waals surface area contributed by atoms with Gasteiger partial charge in [0.05, 0.1) is 5.56 Å². The number of ether oxygens (including phenoxy) is 1. The van der Waals surface area contributed by atoms with E-state index in [9.17, 15) is 4.79 Å². The molecule has 1 aromatic heterocycles. The predicted molar refractivity (Wildman–Crippen MR) is 103 cm³/mol. The van der Waals surface area contributed by atoms with E-state index in [2.05, 4.69) is 27.5 Å². The molecule has 0 fully saturated rings. The van der Waals surface area contributed by atoms with Crippen LogP contribution in [-0.4, -0.2) is 26.4 Å². The Bertz CT molecular complexity index is 880. The number of aryl methyl sites for hydroxylation is 1. The van der Waals surface area contributed by atoms with Crippen LogP contribution in [0, 0.1) is 0 Å². The fraction of sp³-hybridized carbons (Fsp3) is 0.300. The van der Waals surface area contributed by atoms with Gasteiger partial charge in [0.1, 0.15) is 5.75 Å². The molecule has 0 saturated carbocycles. The molecule has 0 atom stereocenters. The number of rotatable bonds is 9. The number of carbonyl (C=O) groups is 1. The number of unbranched alkanes of at least 4 members (excludes halogenated alkanes) is 2. The maximum absolute atomic E-state index is 13.0. The Morgan fingerprint density at radius 1 is 1.15 bits per heavy atom. The second-order valence-electron chi connectivity index (χ2n) is 6.24. The standard InChI is InChI=1S/C20H21ClN4O2/c1-2-3-4-5-14-6-8-15(9-7-14)20(26)17-12-16(21)10-11-18(17)27-13-19-22-24-25-23-19/h6-12H,2-5,13H2,1H3,(H,22,23,24,25). The molecule has 27 heavy (non-hydrogen) atoms. The first-order valence-electron chi connectivity index (χ1n) is 8.95. The molecule has 7 heteroatoms. The van der Waals surface area contributed by atoms with Crippen LogP contribution in [0.2, 0.25) is 5.02 Å². The van der Waals surface area contributed by atoms with Crippen molar-refractivity contribution < 1.29 is 9.53 Å². The molecule has 3 aromatic rings. The summed E-state index contributed by atoms with van der Waals surface area (Å²) in [5.74, 6) is 0.696. The van der Waals surface area contributed by atoms with Crippen LogP contribution in [0.5, 0.6) is 5.75 Å². The van der Waals surface area contributed by atoms with Gasteiger partial charge in [-0.1, -0.05) is 60.8 Å². The Hall–Kier alpha value is -2.73. The van der Waals surface area contributed by atoms with Crippen molar-refractivity contribution in [3.8, 4) is 5.75 Å². The van der Waals surface area contributed by atoms with Crippen LogP contribution < -0.4 is 4.74 Å². The van der Waals surface area contributed by atoms with Gasteiger partial charge in [-0.05, 0) is 36.6 Å². The number of nitrogens with one attached hydrogen (secondary N) is 1. The zero-order chi connectivity index (χ0) is 19.1. The van der Waals surface area contributed by atoms with Gasteiger partial charge in [0, 0.05) is 10.6 Å². The molecule has 2 aromatic carbocycles. The van der Waals surface area contributed by atoms with E-state index in [1.807, 2.05) is 24.3 Å². The van der Waals surface area contributed by atoms with Crippen LogP contribution in [0.25, 0.3) is 0 Å². The van der Waals surface area contributed by atoms with Crippen molar-refractivity contribution in [3.05, 3.63) is 70.0 Å². The molecule has 6 nitrogen and oxygen atoms in total. The van der Waals surface area contributed by atoms with E-state index in [0.29, 0.717) is 27.7 Å². The van der Waals surface area contributed by atoms with E-state index in [-0.39, 0.29) is 12.4 Å². The van der Waals surface area contributed by atoms with E-state index in [1.165, 1.54) is 18.4 Å². The summed E-state index contributed by atoms with van der Waals surface area (Å²) in [5, 5.41) is 14.0. The highest BCUT2D eigenvalue weighted by molar-refractivity contribution is 6.31. The highest BCUT2D eigenvalue weighted by atomic mass is 35.5. The average Bonchev–Trinajstić information content (AvgIpc) is 3.21.